The molecular formula is C22H26N4O6. The van der Waals surface area contributed by atoms with Crippen LogP contribution in [-0.2, 0) is 9.47 Å². The van der Waals surface area contributed by atoms with E-state index in [0.717, 1.165) is 25.7 Å². The lowest BCUT2D eigenvalue weighted by molar-refractivity contribution is 0.0584. The molecular weight excluding hydrogens is 416 g/mol. The molecule has 10 nitrogen and oxygen atoms in total. The zero-order chi connectivity index (χ0) is 23.3. The SMILES string of the molecule is COC(=O)c1cccc(C(=O)NCCCCCCNC(=O)c2cccc(C(=O)OC)n2)n1. The number of carbonyl (C=O) groups is 4. The fourth-order valence-electron chi connectivity index (χ4n) is 2.75. The van der Waals surface area contributed by atoms with Gasteiger partial charge in [-0.1, -0.05) is 25.0 Å². The molecule has 0 aliphatic rings. The summed E-state index contributed by atoms with van der Waals surface area (Å²) in [5.74, 6) is -1.91. The molecule has 0 fully saturated rings. The minimum atomic E-state index is -0.598. The number of carbonyl (C=O) groups excluding carboxylic acids is 4. The zero-order valence-corrected chi connectivity index (χ0v) is 18.1. The van der Waals surface area contributed by atoms with Gasteiger partial charge in [0.25, 0.3) is 11.8 Å². The molecule has 0 spiro atoms. The predicted molar refractivity (Wildman–Crippen MR) is 114 cm³/mol. The zero-order valence-electron chi connectivity index (χ0n) is 18.1. The smallest absolute Gasteiger partial charge is 0.356 e. The van der Waals surface area contributed by atoms with Crippen LogP contribution in [0.15, 0.2) is 36.4 Å². The van der Waals surface area contributed by atoms with Gasteiger partial charge < -0.3 is 20.1 Å². The number of hydrogen-bond acceptors (Lipinski definition) is 8. The molecule has 2 aromatic rings. The molecule has 2 rings (SSSR count). The lowest BCUT2D eigenvalue weighted by atomic mass is 10.2. The van der Waals surface area contributed by atoms with Crippen LogP contribution < -0.4 is 10.6 Å². The number of nitrogens with one attached hydrogen (secondary N) is 2. The van der Waals surface area contributed by atoms with Gasteiger partial charge in [-0.25, -0.2) is 19.6 Å². The Bertz CT molecular complexity index is 885. The fourth-order valence-corrected chi connectivity index (χ4v) is 2.75. The van der Waals surface area contributed by atoms with Crippen LogP contribution in [0.4, 0.5) is 0 Å². The standard InChI is InChI=1S/C22H26N4O6/c1-31-21(29)17-11-7-9-15(25-17)19(27)23-13-5-3-4-6-14-24-20(28)16-10-8-12-18(26-16)22(30)32-2/h7-12H,3-6,13-14H2,1-2H3,(H,23,27)(H,24,28). The van der Waals surface area contributed by atoms with Crippen LogP contribution >= 0.6 is 0 Å². The summed E-state index contributed by atoms with van der Waals surface area (Å²) >= 11 is 0. The molecule has 2 amide bonds. The summed E-state index contributed by atoms with van der Waals surface area (Å²) in [7, 11) is 2.50. The average Bonchev–Trinajstić information content (AvgIpc) is 2.84. The van der Waals surface area contributed by atoms with E-state index in [1.807, 2.05) is 0 Å². The van der Waals surface area contributed by atoms with E-state index in [-0.39, 0.29) is 34.6 Å². The van der Waals surface area contributed by atoms with E-state index in [9.17, 15) is 19.2 Å². The van der Waals surface area contributed by atoms with Gasteiger partial charge in [-0.15, -0.1) is 0 Å². The second-order valence-electron chi connectivity index (χ2n) is 6.73. The number of hydrogen-bond donors (Lipinski definition) is 2. The maximum atomic E-state index is 12.1. The molecule has 0 aromatic carbocycles. The number of nitrogens with zero attached hydrogens (tertiary/aromatic N) is 2. The summed E-state index contributed by atoms with van der Waals surface area (Å²) in [4.78, 5) is 55.2. The van der Waals surface area contributed by atoms with E-state index in [4.69, 9.17) is 0 Å². The summed E-state index contributed by atoms with van der Waals surface area (Å²) in [6, 6.07) is 9.16. The molecule has 0 unspecified atom stereocenters. The minimum Gasteiger partial charge on any atom is -0.464 e. The Kier molecular flexibility index (Phi) is 9.76. The average molecular weight is 442 g/mol. The first kappa shape index (κ1) is 24.4. The van der Waals surface area contributed by atoms with Crippen LogP contribution in [0, 0.1) is 0 Å². The van der Waals surface area contributed by atoms with E-state index in [1.54, 1.807) is 12.1 Å². The first-order valence-electron chi connectivity index (χ1n) is 10.1. The fraction of sp³-hybridized carbons (Fsp3) is 0.364. The third kappa shape index (κ3) is 7.46. The molecule has 2 N–H and O–H groups in total. The highest BCUT2D eigenvalue weighted by Crippen LogP contribution is 2.04. The van der Waals surface area contributed by atoms with Crippen molar-refractivity contribution in [3.63, 3.8) is 0 Å². The van der Waals surface area contributed by atoms with E-state index < -0.39 is 11.9 Å². The van der Waals surface area contributed by atoms with Crippen LogP contribution in [0.5, 0.6) is 0 Å². The third-order valence-electron chi connectivity index (χ3n) is 4.43. The molecule has 0 aliphatic carbocycles. The highest BCUT2D eigenvalue weighted by Gasteiger charge is 2.13. The van der Waals surface area contributed by atoms with Gasteiger partial charge in [-0.3, -0.25) is 9.59 Å². The van der Waals surface area contributed by atoms with Crippen molar-refractivity contribution in [2.75, 3.05) is 27.3 Å². The van der Waals surface area contributed by atoms with Crippen molar-refractivity contribution in [2.24, 2.45) is 0 Å². The van der Waals surface area contributed by atoms with Crippen molar-refractivity contribution >= 4 is 23.8 Å². The quantitative estimate of drug-likeness (QED) is 0.397. The summed E-state index contributed by atoms with van der Waals surface area (Å²) in [5.41, 5.74) is 0.463. The van der Waals surface area contributed by atoms with Crippen LogP contribution in [0.1, 0.15) is 67.6 Å². The molecule has 170 valence electrons. The van der Waals surface area contributed by atoms with Gasteiger partial charge in [0, 0.05) is 13.1 Å². The summed E-state index contributed by atoms with van der Waals surface area (Å²) in [6.45, 7) is 0.944. The van der Waals surface area contributed by atoms with Gasteiger partial charge in [-0.2, -0.15) is 0 Å². The molecule has 0 saturated heterocycles. The Morgan fingerprint density at radius 3 is 1.41 bits per heavy atom. The molecule has 2 heterocycles. The Hall–Kier alpha value is -3.82. The number of esters is 2. The highest BCUT2D eigenvalue weighted by atomic mass is 16.5. The maximum absolute atomic E-state index is 12.1. The summed E-state index contributed by atoms with van der Waals surface area (Å²) in [5, 5.41) is 5.53. The lowest BCUT2D eigenvalue weighted by Gasteiger charge is -2.07. The van der Waals surface area contributed by atoms with E-state index >= 15 is 0 Å². The summed E-state index contributed by atoms with van der Waals surface area (Å²) < 4.78 is 9.19. The largest absolute Gasteiger partial charge is 0.464 e. The Morgan fingerprint density at radius 1 is 0.656 bits per heavy atom. The van der Waals surface area contributed by atoms with Gasteiger partial charge in [0.15, 0.2) is 0 Å². The van der Waals surface area contributed by atoms with Crippen LogP contribution in [0.2, 0.25) is 0 Å². The number of methoxy groups -OCH3 is 2. The highest BCUT2D eigenvalue weighted by molar-refractivity contribution is 5.95. The topological polar surface area (TPSA) is 137 Å². The van der Waals surface area contributed by atoms with Crippen molar-refractivity contribution < 1.29 is 28.7 Å². The van der Waals surface area contributed by atoms with Gasteiger partial charge in [0.05, 0.1) is 14.2 Å². The maximum Gasteiger partial charge on any atom is 0.356 e. The second kappa shape index (κ2) is 12.8. The van der Waals surface area contributed by atoms with E-state index in [1.165, 1.54) is 38.5 Å². The van der Waals surface area contributed by atoms with Crippen LogP contribution in [0.3, 0.4) is 0 Å². The first-order valence-corrected chi connectivity index (χ1v) is 10.1. The van der Waals surface area contributed by atoms with Gasteiger partial charge in [-0.05, 0) is 37.1 Å². The minimum absolute atomic E-state index is 0.0782. The number of rotatable bonds is 11. The Labute approximate surface area is 185 Å². The molecule has 0 bridgehead atoms. The van der Waals surface area contributed by atoms with Crippen molar-refractivity contribution in [2.45, 2.75) is 25.7 Å². The third-order valence-corrected chi connectivity index (χ3v) is 4.43. The van der Waals surface area contributed by atoms with Crippen LogP contribution in [-0.4, -0.2) is 61.0 Å². The number of aromatic nitrogens is 2. The number of amides is 2. The van der Waals surface area contributed by atoms with Gasteiger partial charge in [0.1, 0.15) is 22.8 Å². The molecule has 32 heavy (non-hydrogen) atoms. The summed E-state index contributed by atoms with van der Waals surface area (Å²) in [6.07, 6.45) is 3.25. The Balaban J connectivity index is 1.62. The molecule has 2 aromatic heterocycles. The van der Waals surface area contributed by atoms with E-state index in [2.05, 4.69) is 30.1 Å². The molecule has 10 heteroatoms. The van der Waals surface area contributed by atoms with Crippen LogP contribution in [0.25, 0.3) is 0 Å². The lowest BCUT2D eigenvalue weighted by Crippen LogP contribution is -2.26. The first-order chi connectivity index (χ1) is 15.5. The van der Waals surface area contributed by atoms with Crippen molar-refractivity contribution in [3.8, 4) is 0 Å². The van der Waals surface area contributed by atoms with Gasteiger partial charge in [0.2, 0.25) is 0 Å². The van der Waals surface area contributed by atoms with Crippen molar-refractivity contribution in [3.05, 3.63) is 59.2 Å². The molecule has 0 saturated carbocycles. The monoisotopic (exact) mass is 442 g/mol. The van der Waals surface area contributed by atoms with Crippen molar-refractivity contribution in [1.29, 1.82) is 0 Å². The normalized spacial score (nSPS) is 10.2. The molecule has 0 radical (unpaired) electrons. The number of ether oxygens (including phenoxy) is 2. The molecule has 0 aliphatic heterocycles. The Morgan fingerprint density at radius 2 is 1.03 bits per heavy atom. The second-order valence-corrected chi connectivity index (χ2v) is 6.73. The molecule has 0 atom stereocenters. The van der Waals surface area contributed by atoms with Crippen molar-refractivity contribution in [1.82, 2.24) is 20.6 Å². The van der Waals surface area contributed by atoms with E-state index in [0.29, 0.717) is 13.1 Å². The van der Waals surface area contributed by atoms with Gasteiger partial charge >= 0.3 is 11.9 Å². The number of unbranched alkanes of at least 4 members (excludes halogenated alkanes) is 3. The number of pyridine rings is 2. The predicted octanol–water partition coefficient (Wildman–Crippen LogP) is 1.77.